The Hall–Kier alpha value is -3.00. The summed E-state index contributed by atoms with van der Waals surface area (Å²) in [5.74, 6) is 4.09. The van der Waals surface area contributed by atoms with Gasteiger partial charge in [-0.25, -0.2) is 9.59 Å². The van der Waals surface area contributed by atoms with Crippen molar-refractivity contribution in [3.8, 4) is 11.8 Å². The number of allylic oxidation sites excluding steroid dienone is 2. The summed E-state index contributed by atoms with van der Waals surface area (Å²) >= 11 is 0. The van der Waals surface area contributed by atoms with Gasteiger partial charge in [0, 0.05) is 35.5 Å². The number of nitrogens with zero attached hydrogens (tertiary/aromatic N) is 1. The third-order valence-corrected chi connectivity index (χ3v) is 4.68. The van der Waals surface area contributed by atoms with E-state index in [1.165, 1.54) is 12.8 Å². The summed E-state index contributed by atoms with van der Waals surface area (Å²) in [5, 5.41) is 18.9. The van der Waals surface area contributed by atoms with Gasteiger partial charge >= 0.3 is 11.9 Å². The zero-order valence-electron chi connectivity index (χ0n) is 16.0. The molecule has 27 heavy (non-hydrogen) atoms. The van der Waals surface area contributed by atoms with Crippen molar-refractivity contribution < 1.29 is 19.8 Å². The summed E-state index contributed by atoms with van der Waals surface area (Å²) in [6, 6.07) is 7.43. The van der Waals surface area contributed by atoms with Gasteiger partial charge in [0.2, 0.25) is 0 Å². The number of unbranched alkanes of at least 4 members (excludes halogenated alkanes) is 3. The van der Waals surface area contributed by atoms with Crippen molar-refractivity contribution >= 4 is 17.6 Å². The highest BCUT2D eigenvalue weighted by atomic mass is 16.4. The van der Waals surface area contributed by atoms with Gasteiger partial charge in [-0.2, -0.15) is 0 Å². The van der Waals surface area contributed by atoms with Crippen LogP contribution in [0.5, 0.6) is 0 Å². The van der Waals surface area contributed by atoms with Crippen LogP contribution < -0.4 is 4.90 Å². The van der Waals surface area contributed by atoms with Crippen molar-refractivity contribution in [3.05, 3.63) is 52.4 Å². The normalized spacial score (nSPS) is 14.1. The van der Waals surface area contributed by atoms with Crippen molar-refractivity contribution in [2.24, 2.45) is 0 Å². The Balaban J connectivity index is 2.32. The molecule has 5 heteroatoms. The molecule has 1 aromatic rings. The quantitative estimate of drug-likeness (QED) is 0.570. The van der Waals surface area contributed by atoms with E-state index in [2.05, 4.69) is 18.8 Å². The van der Waals surface area contributed by atoms with Crippen LogP contribution in [0.3, 0.4) is 0 Å². The molecule has 0 aliphatic carbocycles. The first-order valence-electron chi connectivity index (χ1n) is 9.12. The van der Waals surface area contributed by atoms with Crippen LogP contribution in [0.25, 0.3) is 0 Å². The van der Waals surface area contributed by atoms with Gasteiger partial charge in [0.05, 0.1) is 11.1 Å². The SMILES string of the molecule is CCCCCC#Cc1ccc(N2C(C)=C(C(=O)O)CC(C(=O)O)=C2C)cc1. The minimum atomic E-state index is -1.10. The second kappa shape index (κ2) is 9.09. The third-order valence-electron chi connectivity index (χ3n) is 4.68. The van der Waals surface area contributed by atoms with E-state index in [4.69, 9.17) is 0 Å². The highest BCUT2D eigenvalue weighted by molar-refractivity contribution is 5.97. The lowest BCUT2D eigenvalue weighted by atomic mass is 9.96. The molecule has 142 valence electrons. The molecule has 1 heterocycles. The summed E-state index contributed by atoms with van der Waals surface area (Å²) < 4.78 is 0. The Labute approximate surface area is 160 Å². The van der Waals surface area contributed by atoms with Crippen LogP contribution >= 0.6 is 0 Å². The lowest BCUT2D eigenvalue weighted by molar-refractivity contribution is -0.133. The Morgan fingerprint density at radius 3 is 2.04 bits per heavy atom. The predicted molar refractivity (Wildman–Crippen MR) is 105 cm³/mol. The van der Waals surface area contributed by atoms with Gasteiger partial charge in [-0.05, 0) is 44.5 Å². The second-order valence-corrected chi connectivity index (χ2v) is 6.56. The molecule has 0 amide bonds. The summed E-state index contributed by atoms with van der Waals surface area (Å²) in [4.78, 5) is 24.8. The zero-order chi connectivity index (χ0) is 20.0. The van der Waals surface area contributed by atoms with E-state index in [9.17, 15) is 19.8 Å². The summed E-state index contributed by atoms with van der Waals surface area (Å²) in [7, 11) is 0. The minimum absolute atomic E-state index is 0.0832. The van der Waals surface area contributed by atoms with Gasteiger partial charge in [0.15, 0.2) is 0 Å². The molecule has 0 bridgehead atoms. The van der Waals surface area contributed by atoms with Crippen LogP contribution in [-0.2, 0) is 9.59 Å². The number of anilines is 1. The smallest absolute Gasteiger partial charge is 0.333 e. The lowest BCUT2D eigenvalue weighted by Gasteiger charge is -2.32. The Morgan fingerprint density at radius 1 is 1.00 bits per heavy atom. The van der Waals surface area contributed by atoms with E-state index in [1.807, 2.05) is 24.3 Å². The van der Waals surface area contributed by atoms with Crippen molar-refractivity contribution in [2.45, 2.75) is 52.9 Å². The molecule has 0 atom stereocenters. The monoisotopic (exact) mass is 367 g/mol. The van der Waals surface area contributed by atoms with Crippen LogP contribution in [0.2, 0.25) is 0 Å². The third kappa shape index (κ3) is 4.79. The molecule has 0 fully saturated rings. The van der Waals surface area contributed by atoms with Gasteiger partial charge in [0.25, 0.3) is 0 Å². The number of benzene rings is 1. The molecular formula is C22H25NO4. The number of carboxylic acids is 2. The number of rotatable bonds is 6. The maximum atomic E-state index is 11.5. The lowest BCUT2D eigenvalue weighted by Crippen LogP contribution is -2.29. The van der Waals surface area contributed by atoms with Gasteiger partial charge in [-0.3, -0.25) is 0 Å². The van der Waals surface area contributed by atoms with Crippen LogP contribution in [0.15, 0.2) is 46.8 Å². The van der Waals surface area contributed by atoms with Gasteiger partial charge in [-0.15, -0.1) is 0 Å². The molecular weight excluding hydrogens is 342 g/mol. The number of hydrogen-bond donors (Lipinski definition) is 2. The molecule has 1 aliphatic heterocycles. The fourth-order valence-electron chi connectivity index (χ4n) is 3.12. The highest BCUT2D eigenvalue weighted by Gasteiger charge is 2.30. The predicted octanol–water partition coefficient (Wildman–Crippen LogP) is 4.55. The van der Waals surface area contributed by atoms with E-state index >= 15 is 0 Å². The summed E-state index contributed by atoms with van der Waals surface area (Å²) in [6.07, 6.45) is 4.23. The van der Waals surface area contributed by atoms with E-state index < -0.39 is 11.9 Å². The average molecular weight is 367 g/mol. The van der Waals surface area contributed by atoms with Gasteiger partial charge < -0.3 is 15.1 Å². The molecule has 1 aromatic carbocycles. The van der Waals surface area contributed by atoms with E-state index in [-0.39, 0.29) is 17.6 Å². The first kappa shape index (κ1) is 20.3. The molecule has 0 unspecified atom stereocenters. The number of carbonyl (C=O) groups is 2. The topological polar surface area (TPSA) is 77.8 Å². The minimum Gasteiger partial charge on any atom is -0.478 e. The van der Waals surface area contributed by atoms with E-state index in [0.717, 1.165) is 24.1 Å². The number of hydrogen-bond acceptors (Lipinski definition) is 3. The Morgan fingerprint density at radius 2 is 1.56 bits per heavy atom. The molecule has 0 spiro atoms. The van der Waals surface area contributed by atoms with Crippen molar-refractivity contribution in [2.75, 3.05) is 4.90 Å². The fraction of sp³-hybridized carbons (Fsp3) is 0.364. The largest absolute Gasteiger partial charge is 0.478 e. The second-order valence-electron chi connectivity index (χ2n) is 6.56. The zero-order valence-corrected chi connectivity index (χ0v) is 16.0. The number of aliphatic carboxylic acids is 2. The van der Waals surface area contributed by atoms with Crippen molar-refractivity contribution in [1.29, 1.82) is 0 Å². The van der Waals surface area contributed by atoms with Gasteiger partial charge in [-0.1, -0.05) is 31.6 Å². The average Bonchev–Trinajstić information content (AvgIpc) is 2.62. The highest BCUT2D eigenvalue weighted by Crippen LogP contribution is 2.35. The van der Waals surface area contributed by atoms with Crippen LogP contribution in [0.4, 0.5) is 5.69 Å². The molecule has 2 rings (SSSR count). The van der Waals surface area contributed by atoms with Crippen molar-refractivity contribution in [3.63, 3.8) is 0 Å². The van der Waals surface area contributed by atoms with Crippen LogP contribution in [-0.4, -0.2) is 22.2 Å². The molecule has 1 aliphatic rings. The standard InChI is InChI=1S/C22H25NO4/c1-4-5-6-7-8-9-17-10-12-18(13-11-17)23-15(2)19(21(24)25)14-20(16(23)3)22(26)27/h10-13H,4-7,14H2,1-3H3,(H,24,25)(H,26,27). The van der Waals surface area contributed by atoms with Crippen LogP contribution in [0.1, 0.15) is 58.4 Å². The fourth-order valence-corrected chi connectivity index (χ4v) is 3.12. The summed E-state index contributed by atoms with van der Waals surface area (Å²) in [6.45, 7) is 5.56. The molecule has 0 aromatic heterocycles. The summed E-state index contributed by atoms with van der Waals surface area (Å²) in [5.41, 5.74) is 2.86. The van der Waals surface area contributed by atoms with Gasteiger partial charge in [0.1, 0.15) is 0 Å². The molecule has 0 saturated carbocycles. The number of carboxylic acid groups (broad SMARTS) is 2. The van der Waals surface area contributed by atoms with Crippen molar-refractivity contribution in [1.82, 2.24) is 0 Å². The van der Waals surface area contributed by atoms with Crippen LogP contribution in [0, 0.1) is 11.8 Å². The molecule has 5 nitrogen and oxygen atoms in total. The maximum Gasteiger partial charge on any atom is 0.333 e. The Kier molecular flexibility index (Phi) is 6.84. The van der Waals surface area contributed by atoms with E-state index in [0.29, 0.717) is 11.4 Å². The first-order valence-corrected chi connectivity index (χ1v) is 9.12. The first-order chi connectivity index (χ1) is 12.9. The molecule has 0 radical (unpaired) electrons. The van der Waals surface area contributed by atoms with E-state index in [1.54, 1.807) is 18.7 Å². The Bertz CT molecular complexity index is 815. The maximum absolute atomic E-state index is 11.5. The molecule has 0 saturated heterocycles. The molecule has 2 N–H and O–H groups in total.